The average Bonchev–Trinajstić information content (AvgIpc) is 2.63. The summed E-state index contributed by atoms with van der Waals surface area (Å²) in [5.74, 6) is -0.304. The van der Waals surface area contributed by atoms with Gasteiger partial charge in [0.1, 0.15) is 5.69 Å². The van der Waals surface area contributed by atoms with Crippen LogP contribution in [0.3, 0.4) is 0 Å². The minimum absolute atomic E-state index is 0.168. The van der Waals surface area contributed by atoms with Gasteiger partial charge in [0.25, 0.3) is 0 Å². The van der Waals surface area contributed by atoms with Crippen LogP contribution in [0.5, 0.6) is 0 Å². The van der Waals surface area contributed by atoms with Gasteiger partial charge in [-0.3, -0.25) is 0 Å². The lowest BCUT2D eigenvalue weighted by Crippen LogP contribution is -2.41. The Morgan fingerprint density at radius 3 is 2.82 bits per heavy atom. The molecule has 0 saturated heterocycles. The maximum atomic E-state index is 11.6. The molecule has 0 amide bonds. The molecule has 94 valence electrons. The van der Waals surface area contributed by atoms with E-state index >= 15 is 0 Å². The third-order valence-electron chi connectivity index (χ3n) is 3.61. The topological polar surface area (TPSA) is 57.2 Å². The number of halogens is 1. The van der Waals surface area contributed by atoms with Crippen LogP contribution >= 0.6 is 15.9 Å². The van der Waals surface area contributed by atoms with Gasteiger partial charge in [0.2, 0.25) is 0 Å². The summed E-state index contributed by atoms with van der Waals surface area (Å²) in [4.78, 5) is 11.6. The molecule has 0 unspecified atom stereocenters. The lowest BCUT2D eigenvalue weighted by Gasteiger charge is -2.41. The quantitative estimate of drug-likeness (QED) is 0.867. The van der Waals surface area contributed by atoms with Crippen molar-refractivity contribution in [3.63, 3.8) is 0 Å². The van der Waals surface area contributed by atoms with Crippen LogP contribution in [0.25, 0.3) is 0 Å². The van der Waals surface area contributed by atoms with Crippen molar-refractivity contribution in [1.82, 2.24) is 4.57 Å². The van der Waals surface area contributed by atoms with E-state index in [4.69, 9.17) is 10.5 Å². The summed E-state index contributed by atoms with van der Waals surface area (Å²) in [6.07, 6.45) is 5.43. The maximum absolute atomic E-state index is 11.6. The Morgan fingerprint density at radius 1 is 1.65 bits per heavy atom. The van der Waals surface area contributed by atoms with Crippen LogP contribution in [0, 0.1) is 5.41 Å². The predicted molar refractivity (Wildman–Crippen MR) is 68.8 cm³/mol. The summed E-state index contributed by atoms with van der Waals surface area (Å²) in [5, 5.41) is 0. The van der Waals surface area contributed by atoms with E-state index in [1.165, 1.54) is 13.5 Å². The second-order valence-corrected chi connectivity index (χ2v) is 5.64. The van der Waals surface area contributed by atoms with Gasteiger partial charge in [-0.2, -0.15) is 0 Å². The molecule has 1 heterocycles. The van der Waals surface area contributed by atoms with Crippen LogP contribution in [-0.2, 0) is 11.3 Å². The number of carbonyl (C=O) groups excluding carboxylic acids is 1. The Morgan fingerprint density at radius 2 is 2.35 bits per heavy atom. The number of aromatic nitrogens is 1. The number of rotatable bonds is 4. The zero-order valence-electron chi connectivity index (χ0n) is 9.91. The number of ether oxygens (including phenoxy) is 1. The summed E-state index contributed by atoms with van der Waals surface area (Å²) in [6.45, 7) is 1.46. The van der Waals surface area contributed by atoms with Crippen LogP contribution < -0.4 is 5.73 Å². The zero-order valence-corrected chi connectivity index (χ0v) is 11.5. The van der Waals surface area contributed by atoms with Gasteiger partial charge in [0, 0.05) is 22.6 Å². The highest BCUT2D eigenvalue weighted by atomic mass is 79.9. The van der Waals surface area contributed by atoms with Crippen molar-refractivity contribution >= 4 is 21.9 Å². The molecule has 0 bridgehead atoms. The Balaban J connectivity index is 2.23. The third kappa shape index (κ3) is 2.40. The molecule has 2 N–H and O–H groups in total. The molecule has 1 saturated carbocycles. The van der Waals surface area contributed by atoms with Crippen LogP contribution in [0.15, 0.2) is 16.7 Å². The van der Waals surface area contributed by atoms with Crippen LogP contribution in [-0.4, -0.2) is 24.2 Å². The maximum Gasteiger partial charge on any atom is 0.354 e. The molecule has 2 rings (SSSR count). The Kier molecular flexibility index (Phi) is 3.58. The number of nitrogens with two attached hydrogens (primary N) is 1. The molecular formula is C12H17BrN2O2. The fraction of sp³-hybridized carbons (Fsp3) is 0.583. The second kappa shape index (κ2) is 4.82. The van der Waals surface area contributed by atoms with Crippen molar-refractivity contribution in [3.05, 3.63) is 22.4 Å². The van der Waals surface area contributed by atoms with E-state index in [0.29, 0.717) is 12.2 Å². The normalized spacial score (nSPS) is 17.6. The summed E-state index contributed by atoms with van der Waals surface area (Å²) in [7, 11) is 1.40. The highest BCUT2D eigenvalue weighted by molar-refractivity contribution is 9.10. The summed E-state index contributed by atoms with van der Waals surface area (Å²) < 4.78 is 7.62. The van der Waals surface area contributed by atoms with Crippen molar-refractivity contribution in [2.45, 2.75) is 25.8 Å². The highest BCUT2D eigenvalue weighted by Crippen LogP contribution is 2.41. The van der Waals surface area contributed by atoms with Crippen LogP contribution in [0.1, 0.15) is 29.8 Å². The van der Waals surface area contributed by atoms with Crippen molar-refractivity contribution < 1.29 is 9.53 Å². The van der Waals surface area contributed by atoms with E-state index in [1.54, 1.807) is 6.07 Å². The van der Waals surface area contributed by atoms with Crippen molar-refractivity contribution in [2.75, 3.05) is 13.7 Å². The molecule has 0 aromatic carbocycles. The molecule has 0 aliphatic heterocycles. The minimum atomic E-state index is -0.304. The SMILES string of the molecule is COC(=O)c1cc(Br)cn1CC1(CN)CCC1. The molecule has 0 radical (unpaired) electrons. The summed E-state index contributed by atoms with van der Waals surface area (Å²) in [5.41, 5.74) is 6.59. The Bertz CT molecular complexity index is 419. The fourth-order valence-electron chi connectivity index (χ4n) is 2.35. The first-order valence-electron chi connectivity index (χ1n) is 5.74. The molecule has 1 aromatic heterocycles. The number of esters is 1. The largest absolute Gasteiger partial charge is 0.464 e. The minimum Gasteiger partial charge on any atom is -0.464 e. The zero-order chi connectivity index (χ0) is 12.5. The monoisotopic (exact) mass is 300 g/mol. The average molecular weight is 301 g/mol. The molecule has 17 heavy (non-hydrogen) atoms. The van der Waals surface area contributed by atoms with Gasteiger partial charge in [-0.05, 0) is 41.4 Å². The molecule has 0 spiro atoms. The fourth-order valence-corrected chi connectivity index (χ4v) is 2.81. The first kappa shape index (κ1) is 12.6. The van der Waals surface area contributed by atoms with Gasteiger partial charge < -0.3 is 15.0 Å². The molecule has 1 fully saturated rings. The molecule has 0 atom stereocenters. The van der Waals surface area contributed by atoms with Crippen molar-refractivity contribution in [1.29, 1.82) is 0 Å². The Hall–Kier alpha value is -0.810. The molecule has 1 aliphatic carbocycles. The number of nitrogens with zero attached hydrogens (tertiary/aromatic N) is 1. The van der Waals surface area contributed by atoms with Gasteiger partial charge in [0.05, 0.1) is 7.11 Å². The predicted octanol–water partition coefficient (Wildman–Crippen LogP) is 2.17. The smallest absolute Gasteiger partial charge is 0.354 e. The lowest BCUT2D eigenvalue weighted by atomic mass is 9.69. The van der Waals surface area contributed by atoms with Gasteiger partial charge in [-0.1, -0.05) is 6.42 Å². The number of hydrogen-bond acceptors (Lipinski definition) is 3. The number of carbonyl (C=O) groups is 1. The first-order chi connectivity index (χ1) is 8.10. The van der Waals surface area contributed by atoms with Gasteiger partial charge in [-0.25, -0.2) is 4.79 Å². The molecule has 1 aliphatic rings. The van der Waals surface area contributed by atoms with Crippen molar-refractivity contribution in [2.24, 2.45) is 11.1 Å². The van der Waals surface area contributed by atoms with E-state index < -0.39 is 0 Å². The van der Waals surface area contributed by atoms with Gasteiger partial charge >= 0.3 is 5.97 Å². The second-order valence-electron chi connectivity index (χ2n) is 4.72. The number of hydrogen-bond donors (Lipinski definition) is 1. The van der Waals surface area contributed by atoms with E-state index in [1.807, 2.05) is 10.8 Å². The van der Waals surface area contributed by atoms with Crippen LogP contribution in [0.4, 0.5) is 0 Å². The molecular weight excluding hydrogens is 284 g/mol. The molecule has 1 aromatic rings. The van der Waals surface area contributed by atoms with Crippen molar-refractivity contribution in [3.8, 4) is 0 Å². The van der Waals surface area contributed by atoms with Crippen LogP contribution in [0.2, 0.25) is 0 Å². The highest BCUT2D eigenvalue weighted by Gasteiger charge is 2.36. The van der Waals surface area contributed by atoms with Gasteiger partial charge in [-0.15, -0.1) is 0 Å². The standard InChI is InChI=1S/C12H17BrN2O2/c1-17-11(16)10-5-9(13)6-15(10)8-12(7-14)3-2-4-12/h5-6H,2-4,7-8,14H2,1H3. The van der Waals surface area contributed by atoms with E-state index in [9.17, 15) is 4.79 Å². The third-order valence-corrected chi connectivity index (χ3v) is 4.04. The summed E-state index contributed by atoms with van der Waals surface area (Å²) in [6, 6.07) is 1.79. The Labute approximate surface area is 109 Å². The van der Waals surface area contributed by atoms with E-state index in [0.717, 1.165) is 23.9 Å². The molecule has 4 nitrogen and oxygen atoms in total. The van der Waals surface area contributed by atoms with E-state index in [2.05, 4.69) is 15.9 Å². The summed E-state index contributed by atoms with van der Waals surface area (Å²) >= 11 is 3.39. The molecule has 5 heteroatoms. The number of methoxy groups -OCH3 is 1. The van der Waals surface area contributed by atoms with Gasteiger partial charge in [0.15, 0.2) is 0 Å². The van der Waals surface area contributed by atoms with E-state index in [-0.39, 0.29) is 11.4 Å². The first-order valence-corrected chi connectivity index (χ1v) is 6.53. The lowest BCUT2D eigenvalue weighted by molar-refractivity contribution is 0.0574.